The number of amides is 2. The minimum Gasteiger partial charge on any atom is -0.480 e. The summed E-state index contributed by atoms with van der Waals surface area (Å²) in [4.78, 5) is 29.4. The first-order valence-electron chi connectivity index (χ1n) is 6.99. The van der Waals surface area contributed by atoms with Crippen molar-refractivity contribution in [1.82, 2.24) is 24.4 Å². The third kappa shape index (κ3) is 3.76. The lowest BCUT2D eigenvalue weighted by Gasteiger charge is -2.13. The molecule has 0 spiro atoms. The molecule has 10 nitrogen and oxygen atoms in total. The second-order valence-electron chi connectivity index (χ2n) is 5.19. The minimum absolute atomic E-state index is 0.0307. The van der Waals surface area contributed by atoms with Crippen LogP contribution in [0.25, 0.3) is 0 Å². The third-order valence-electron chi connectivity index (χ3n) is 3.19. The lowest BCUT2D eigenvalue weighted by Crippen LogP contribution is -2.34. The number of ether oxygens (including phenoxy) is 1. The fourth-order valence-corrected chi connectivity index (χ4v) is 3.07. The van der Waals surface area contributed by atoms with Gasteiger partial charge in [0.1, 0.15) is 5.69 Å². The fraction of sp³-hybridized carbons (Fsp3) is 0.286. The molecular weight excluding hydrogens is 350 g/mol. The molecule has 0 aliphatic heterocycles. The van der Waals surface area contributed by atoms with Gasteiger partial charge < -0.3 is 9.64 Å². The Kier molecular flexibility index (Phi) is 5.07. The lowest BCUT2D eigenvalue weighted by atomic mass is 10.2. The van der Waals surface area contributed by atoms with Gasteiger partial charge in [0.25, 0.3) is 21.8 Å². The Labute approximate surface area is 144 Å². The summed E-state index contributed by atoms with van der Waals surface area (Å²) in [6.07, 6.45) is 1.22. The van der Waals surface area contributed by atoms with Crippen molar-refractivity contribution in [1.29, 1.82) is 0 Å². The number of aryl methyl sites for hydroxylation is 1. The van der Waals surface area contributed by atoms with E-state index in [1.807, 2.05) is 4.72 Å². The second-order valence-corrected chi connectivity index (χ2v) is 6.78. The van der Waals surface area contributed by atoms with Crippen LogP contribution < -0.4 is 9.46 Å². The number of hydrogen-bond donors (Lipinski definition) is 1. The molecule has 134 valence electrons. The van der Waals surface area contributed by atoms with Gasteiger partial charge in [-0.05, 0) is 12.1 Å². The van der Waals surface area contributed by atoms with E-state index in [9.17, 15) is 18.0 Å². The van der Waals surface area contributed by atoms with Gasteiger partial charge in [-0.15, -0.1) is 5.10 Å². The normalized spacial score (nSPS) is 11.0. The Balaban J connectivity index is 2.38. The van der Waals surface area contributed by atoms with E-state index in [4.69, 9.17) is 4.74 Å². The molecule has 2 rings (SSSR count). The van der Waals surface area contributed by atoms with Crippen LogP contribution in [0.1, 0.15) is 20.8 Å². The van der Waals surface area contributed by atoms with Gasteiger partial charge in [0.05, 0.1) is 12.7 Å². The highest BCUT2D eigenvalue weighted by Crippen LogP contribution is 2.15. The largest absolute Gasteiger partial charge is 0.480 e. The molecule has 0 atom stereocenters. The molecule has 1 N–H and O–H groups in total. The van der Waals surface area contributed by atoms with E-state index in [1.165, 1.54) is 62.2 Å². The molecule has 0 aromatic carbocycles. The molecule has 2 aromatic rings. The first kappa shape index (κ1) is 18.4. The second kappa shape index (κ2) is 6.89. The fourth-order valence-electron chi connectivity index (χ4n) is 1.98. The minimum atomic E-state index is -4.37. The van der Waals surface area contributed by atoms with Crippen LogP contribution in [-0.2, 0) is 17.1 Å². The summed E-state index contributed by atoms with van der Waals surface area (Å²) in [6, 6.07) is 4.04. The highest BCUT2D eigenvalue weighted by molar-refractivity contribution is 7.90. The van der Waals surface area contributed by atoms with E-state index in [1.54, 1.807) is 0 Å². The molecule has 0 radical (unpaired) electrons. The number of rotatable bonds is 5. The highest BCUT2D eigenvalue weighted by atomic mass is 32.2. The van der Waals surface area contributed by atoms with Crippen LogP contribution in [0, 0.1) is 0 Å². The monoisotopic (exact) mass is 367 g/mol. The van der Waals surface area contributed by atoms with Gasteiger partial charge in [-0.2, -0.15) is 8.42 Å². The van der Waals surface area contributed by atoms with Crippen molar-refractivity contribution in [2.75, 3.05) is 21.2 Å². The first-order valence-corrected chi connectivity index (χ1v) is 8.47. The molecule has 0 saturated heterocycles. The molecule has 25 heavy (non-hydrogen) atoms. The topological polar surface area (TPSA) is 123 Å². The molecule has 0 fully saturated rings. The predicted octanol–water partition coefficient (Wildman–Crippen LogP) is -0.356. The number of pyridine rings is 1. The highest BCUT2D eigenvalue weighted by Gasteiger charge is 2.28. The Morgan fingerprint density at radius 1 is 1.32 bits per heavy atom. The van der Waals surface area contributed by atoms with Gasteiger partial charge in [-0.3, -0.25) is 14.3 Å². The summed E-state index contributed by atoms with van der Waals surface area (Å²) in [6.45, 7) is 0. The van der Waals surface area contributed by atoms with Crippen LogP contribution >= 0.6 is 0 Å². The molecule has 2 aromatic heterocycles. The van der Waals surface area contributed by atoms with Crippen molar-refractivity contribution in [3.8, 4) is 5.88 Å². The van der Waals surface area contributed by atoms with Crippen LogP contribution in [0.2, 0.25) is 0 Å². The van der Waals surface area contributed by atoms with Crippen molar-refractivity contribution in [3.05, 3.63) is 35.7 Å². The number of carbonyl (C=O) groups excluding carboxylic acids is 2. The molecule has 0 aliphatic carbocycles. The number of nitrogens with zero attached hydrogens (tertiary/aromatic N) is 4. The van der Waals surface area contributed by atoms with E-state index >= 15 is 0 Å². The molecule has 0 unspecified atom stereocenters. The quantitative estimate of drug-likeness (QED) is 0.765. The molecule has 0 bridgehead atoms. The average molecular weight is 367 g/mol. The molecule has 2 heterocycles. The van der Waals surface area contributed by atoms with Gasteiger partial charge in [0, 0.05) is 33.4 Å². The smallest absolute Gasteiger partial charge is 0.283 e. The van der Waals surface area contributed by atoms with Crippen LogP contribution in [-0.4, -0.2) is 61.1 Å². The van der Waals surface area contributed by atoms with E-state index in [0.29, 0.717) is 0 Å². The van der Waals surface area contributed by atoms with Crippen LogP contribution in [0.4, 0.5) is 0 Å². The number of hydrogen-bond acceptors (Lipinski definition) is 7. The van der Waals surface area contributed by atoms with Gasteiger partial charge in [-0.25, -0.2) is 9.71 Å². The zero-order chi connectivity index (χ0) is 18.8. The van der Waals surface area contributed by atoms with Crippen molar-refractivity contribution in [2.24, 2.45) is 7.05 Å². The number of nitrogens with one attached hydrogen (secondary N) is 1. The zero-order valence-corrected chi connectivity index (χ0v) is 14.9. The number of carbonyl (C=O) groups is 2. The number of aromatic nitrogens is 3. The molecule has 2 amide bonds. The van der Waals surface area contributed by atoms with Crippen molar-refractivity contribution in [2.45, 2.75) is 5.03 Å². The summed E-state index contributed by atoms with van der Waals surface area (Å²) in [5, 5.41) is 3.35. The predicted molar refractivity (Wildman–Crippen MR) is 86.7 cm³/mol. The van der Waals surface area contributed by atoms with Crippen LogP contribution in [0.15, 0.2) is 29.4 Å². The maximum absolute atomic E-state index is 12.5. The van der Waals surface area contributed by atoms with Gasteiger partial charge >= 0.3 is 0 Å². The number of sulfonamides is 1. The van der Waals surface area contributed by atoms with Gasteiger partial charge in [-0.1, -0.05) is 0 Å². The lowest BCUT2D eigenvalue weighted by molar-refractivity contribution is 0.0822. The van der Waals surface area contributed by atoms with Crippen molar-refractivity contribution in [3.63, 3.8) is 0 Å². The Hall–Kier alpha value is -2.95. The molecule has 11 heteroatoms. The van der Waals surface area contributed by atoms with Crippen LogP contribution in [0.5, 0.6) is 5.88 Å². The first-order chi connectivity index (χ1) is 11.7. The Bertz CT molecular complexity index is 919. The SMILES string of the molecule is COc1cc(C(=O)NS(=O)(=O)c2ncccc2C(=O)N(C)C)n(C)n1. The van der Waals surface area contributed by atoms with E-state index in [2.05, 4.69) is 10.1 Å². The summed E-state index contributed by atoms with van der Waals surface area (Å²) in [7, 11) is 1.42. The van der Waals surface area contributed by atoms with Crippen molar-refractivity contribution < 1.29 is 22.7 Å². The summed E-state index contributed by atoms with van der Waals surface area (Å²) in [5.74, 6) is -1.32. The van der Waals surface area contributed by atoms with Gasteiger partial charge in [0.2, 0.25) is 5.88 Å². The summed E-state index contributed by atoms with van der Waals surface area (Å²) < 4.78 is 33.0. The van der Waals surface area contributed by atoms with Gasteiger partial charge in [0.15, 0.2) is 5.03 Å². The van der Waals surface area contributed by atoms with E-state index in [-0.39, 0.29) is 17.1 Å². The van der Waals surface area contributed by atoms with E-state index in [0.717, 1.165) is 0 Å². The Morgan fingerprint density at radius 3 is 2.56 bits per heavy atom. The number of methoxy groups -OCH3 is 1. The third-order valence-corrected chi connectivity index (χ3v) is 4.48. The summed E-state index contributed by atoms with van der Waals surface area (Å²) >= 11 is 0. The zero-order valence-electron chi connectivity index (χ0n) is 14.0. The van der Waals surface area contributed by atoms with E-state index < -0.39 is 26.9 Å². The van der Waals surface area contributed by atoms with Crippen molar-refractivity contribution >= 4 is 21.8 Å². The molecule has 0 saturated carbocycles. The average Bonchev–Trinajstić information content (AvgIpc) is 2.95. The standard InChI is InChI=1S/C14H17N5O5S/c1-18(2)14(21)9-6-5-7-15-13(9)25(22,23)17-12(20)10-8-11(24-4)16-19(10)3/h5-8H,1-4H3,(H,17,20). The summed E-state index contributed by atoms with van der Waals surface area (Å²) in [5.41, 5.74) is -0.174. The maximum atomic E-state index is 12.5. The Morgan fingerprint density at radius 2 is 2.00 bits per heavy atom. The molecular formula is C14H17N5O5S. The maximum Gasteiger partial charge on any atom is 0.283 e. The molecule has 0 aliphatic rings. The van der Waals surface area contributed by atoms with Crippen LogP contribution in [0.3, 0.4) is 0 Å².